The van der Waals surface area contributed by atoms with Gasteiger partial charge in [0.05, 0.1) is 6.61 Å². The standard InChI is InChI=1S/C18H33N3O5/c1-7-13(3)14(19-16(23)26-18(4,5)6)15(22)20-9-11-21(12-10-20)17(24)25-8-2/h13-14H,7-12H2,1-6H3,(H,19,23). The maximum atomic E-state index is 12.9. The van der Waals surface area contributed by atoms with Crippen LogP contribution >= 0.6 is 0 Å². The van der Waals surface area contributed by atoms with E-state index < -0.39 is 17.7 Å². The van der Waals surface area contributed by atoms with Crippen LogP contribution in [0.5, 0.6) is 0 Å². The molecule has 0 radical (unpaired) electrons. The van der Waals surface area contributed by atoms with Crippen molar-refractivity contribution in [2.24, 2.45) is 5.92 Å². The highest BCUT2D eigenvalue weighted by molar-refractivity contribution is 5.86. The van der Waals surface area contributed by atoms with Gasteiger partial charge in [-0.3, -0.25) is 4.79 Å². The number of rotatable bonds is 5. The van der Waals surface area contributed by atoms with E-state index in [1.807, 2.05) is 13.8 Å². The molecule has 0 aromatic rings. The number of hydrogen-bond donors (Lipinski definition) is 1. The first kappa shape index (κ1) is 22.1. The van der Waals surface area contributed by atoms with Crippen LogP contribution in [-0.4, -0.2) is 72.3 Å². The Morgan fingerprint density at radius 3 is 2.04 bits per heavy atom. The predicted octanol–water partition coefficient (Wildman–Crippen LogP) is 2.23. The Morgan fingerprint density at radius 1 is 1.04 bits per heavy atom. The fourth-order valence-electron chi connectivity index (χ4n) is 2.64. The van der Waals surface area contributed by atoms with E-state index in [9.17, 15) is 14.4 Å². The van der Waals surface area contributed by atoms with Gasteiger partial charge in [-0.2, -0.15) is 0 Å². The van der Waals surface area contributed by atoms with Crippen molar-refractivity contribution in [1.82, 2.24) is 15.1 Å². The molecule has 0 aromatic heterocycles. The van der Waals surface area contributed by atoms with Crippen molar-refractivity contribution in [1.29, 1.82) is 0 Å². The second-order valence-corrected chi connectivity index (χ2v) is 7.52. The van der Waals surface area contributed by atoms with Gasteiger partial charge in [0.25, 0.3) is 0 Å². The van der Waals surface area contributed by atoms with Crippen LogP contribution in [0.2, 0.25) is 0 Å². The van der Waals surface area contributed by atoms with Crippen molar-refractivity contribution < 1.29 is 23.9 Å². The van der Waals surface area contributed by atoms with Gasteiger partial charge < -0.3 is 24.6 Å². The summed E-state index contributed by atoms with van der Waals surface area (Å²) >= 11 is 0. The van der Waals surface area contributed by atoms with E-state index in [4.69, 9.17) is 9.47 Å². The van der Waals surface area contributed by atoms with E-state index >= 15 is 0 Å². The summed E-state index contributed by atoms with van der Waals surface area (Å²) < 4.78 is 10.3. The minimum atomic E-state index is -0.649. The maximum absolute atomic E-state index is 12.9. The minimum absolute atomic E-state index is 0.0295. The third-order valence-corrected chi connectivity index (χ3v) is 4.27. The van der Waals surface area contributed by atoms with Gasteiger partial charge in [0.1, 0.15) is 11.6 Å². The highest BCUT2D eigenvalue weighted by Crippen LogP contribution is 2.15. The summed E-state index contributed by atoms with van der Waals surface area (Å²) in [4.78, 5) is 40.1. The zero-order valence-corrected chi connectivity index (χ0v) is 16.8. The fourth-order valence-corrected chi connectivity index (χ4v) is 2.64. The summed E-state index contributed by atoms with van der Waals surface area (Å²) in [6.07, 6.45) is -0.207. The predicted molar refractivity (Wildman–Crippen MR) is 97.8 cm³/mol. The van der Waals surface area contributed by atoms with Crippen molar-refractivity contribution in [2.75, 3.05) is 32.8 Å². The molecular formula is C18H33N3O5. The van der Waals surface area contributed by atoms with Crippen LogP contribution in [0.1, 0.15) is 48.0 Å². The Hall–Kier alpha value is -1.99. The van der Waals surface area contributed by atoms with Crippen molar-refractivity contribution in [3.05, 3.63) is 0 Å². The molecule has 3 amide bonds. The van der Waals surface area contributed by atoms with Gasteiger partial charge in [-0.15, -0.1) is 0 Å². The van der Waals surface area contributed by atoms with E-state index in [0.717, 1.165) is 6.42 Å². The molecule has 1 rings (SSSR count). The van der Waals surface area contributed by atoms with Gasteiger partial charge >= 0.3 is 12.2 Å². The molecule has 0 aliphatic carbocycles. The van der Waals surface area contributed by atoms with Crippen molar-refractivity contribution in [3.63, 3.8) is 0 Å². The number of hydrogen-bond acceptors (Lipinski definition) is 5. The summed E-state index contributed by atoms with van der Waals surface area (Å²) in [6.45, 7) is 13.0. The zero-order chi connectivity index (χ0) is 19.9. The lowest BCUT2D eigenvalue weighted by Crippen LogP contribution is -2.57. The van der Waals surface area contributed by atoms with E-state index in [2.05, 4.69) is 5.32 Å². The molecule has 1 saturated heterocycles. The first-order chi connectivity index (χ1) is 12.1. The van der Waals surface area contributed by atoms with E-state index in [1.54, 1.807) is 37.5 Å². The molecule has 1 heterocycles. The van der Waals surface area contributed by atoms with Gasteiger partial charge in [0.2, 0.25) is 5.91 Å². The Kier molecular flexibility index (Phi) is 8.17. The largest absolute Gasteiger partial charge is 0.450 e. The van der Waals surface area contributed by atoms with Crippen molar-refractivity contribution >= 4 is 18.1 Å². The van der Waals surface area contributed by atoms with E-state index in [1.165, 1.54) is 0 Å². The summed E-state index contributed by atoms with van der Waals surface area (Å²) in [5.41, 5.74) is -0.627. The topological polar surface area (TPSA) is 88.2 Å². The average Bonchev–Trinajstić information content (AvgIpc) is 2.57. The monoisotopic (exact) mass is 371 g/mol. The van der Waals surface area contributed by atoms with Crippen LogP contribution in [0.25, 0.3) is 0 Å². The number of carbonyl (C=O) groups is 3. The average molecular weight is 371 g/mol. The van der Waals surface area contributed by atoms with Crippen LogP contribution in [0.15, 0.2) is 0 Å². The minimum Gasteiger partial charge on any atom is -0.450 e. The summed E-state index contributed by atoms with van der Waals surface area (Å²) in [5, 5.41) is 2.72. The molecule has 0 aromatic carbocycles. The third kappa shape index (κ3) is 6.72. The maximum Gasteiger partial charge on any atom is 0.409 e. The van der Waals surface area contributed by atoms with Gasteiger partial charge in [0, 0.05) is 26.2 Å². The molecule has 0 saturated carbocycles. The molecule has 150 valence electrons. The van der Waals surface area contributed by atoms with E-state index in [-0.39, 0.29) is 17.9 Å². The Labute approximate surface area is 156 Å². The Balaban J connectivity index is 2.69. The molecule has 1 N–H and O–H groups in total. The summed E-state index contributed by atoms with van der Waals surface area (Å²) in [6, 6.07) is -0.649. The van der Waals surface area contributed by atoms with Crippen molar-refractivity contribution in [3.8, 4) is 0 Å². The normalized spacial score (nSPS) is 17.3. The van der Waals surface area contributed by atoms with Crippen LogP contribution in [0.3, 0.4) is 0 Å². The number of nitrogens with one attached hydrogen (secondary N) is 1. The number of nitrogens with zero attached hydrogens (tertiary/aromatic N) is 2. The summed E-state index contributed by atoms with van der Waals surface area (Å²) in [7, 11) is 0. The molecule has 8 nitrogen and oxygen atoms in total. The molecule has 26 heavy (non-hydrogen) atoms. The van der Waals surface area contributed by atoms with Gasteiger partial charge in [-0.25, -0.2) is 9.59 Å². The van der Waals surface area contributed by atoms with Crippen LogP contribution < -0.4 is 5.32 Å². The van der Waals surface area contributed by atoms with Crippen molar-refractivity contribution in [2.45, 2.75) is 59.6 Å². The lowest BCUT2D eigenvalue weighted by molar-refractivity contribution is -0.136. The molecule has 2 atom stereocenters. The summed E-state index contributed by atoms with van der Waals surface area (Å²) in [5.74, 6) is -0.174. The molecule has 1 fully saturated rings. The number of piperazine rings is 1. The fraction of sp³-hybridized carbons (Fsp3) is 0.833. The van der Waals surface area contributed by atoms with Crippen LogP contribution in [0.4, 0.5) is 9.59 Å². The van der Waals surface area contributed by atoms with Gasteiger partial charge in [-0.1, -0.05) is 20.3 Å². The molecule has 0 spiro atoms. The van der Waals surface area contributed by atoms with Gasteiger partial charge in [-0.05, 0) is 33.6 Å². The SMILES string of the molecule is CCOC(=O)N1CCN(C(=O)C(NC(=O)OC(C)(C)C)C(C)CC)CC1. The lowest BCUT2D eigenvalue weighted by Gasteiger charge is -2.37. The second kappa shape index (κ2) is 9.64. The molecule has 1 aliphatic heterocycles. The van der Waals surface area contributed by atoms with Gasteiger partial charge in [0.15, 0.2) is 0 Å². The highest BCUT2D eigenvalue weighted by Gasteiger charge is 2.33. The first-order valence-electron chi connectivity index (χ1n) is 9.29. The molecule has 2 unspecified atom stereocenters. The number of carbonyl (C=O) groups excluding carboxylic acids is 3. The third-order valence-electron chi connectivity index (χ3n) is 4.27. The second-order valence-electron chi connectivity index (χ2n) is 7.52. The quantitative estimate of drug-likeness (QED) is 0.801. The number of amides is 3. The Bertz CT molecular complexity index is 496. The first-order valence-corrected chi connectivity index (χ1v) is 9.29. The Morgan fingerprint density at radius 2 is 1.58 bits per heavy atom. The highest BCUT2D eigenvalue weighted by atomic mass is 16.6. The molecular weight excluding hydrogens is 338 g/mol. The number of ether oxygens (including phenoxy) is 2. The molecule has 0 bridgehead atoms. The smallest absolute Gasteiger partial charge is 0.409 e. The zero-order valence-electron chi connectivity index (χ0n) is 16.8. The molecule has 8 heteroatoms. The van der Waals surface area contributed by atoms with Crippen LogP contribution in [-0.2, 0) is 14.3 Å². The molecule has 1 aliphatic rings. The number of alkyl carbamates (subject to hydrolysis) is 1. The van der Waals surface area contributed by atoms with Crippen LogP contribution in [0, 0.1) is 5.92 Å². The van der Waals surface area contributed by atoms with E-state index in [0.29, 0.717) is 32.8 Å². The lowest BCUT2D eigenvalue weighted by atomic mass is 9.97.